The molecule has 0 bridgehead atoms. The summed E-state index contributed by atoms with van der Waals surface area (Å²) in [7, 11) is -3.22. The van der Waals surface area contributed by atoms with E-state index in [2.05, 4.69) is 6.92 Å². The largest absolute Gasteiger partial charge is 0.451 e. The molecule has 1 amide bonds. The zero-order valence-corrected chi connectivity index (χ0v) is 17.8. The van der Waals surface area contributed by atoms with Gasteiger partial charge in [-0.15, -0.1) is 0 Å². The minimum absolute atomic E-state index is 0.0115. The molecule has 5 nitrogen and oxygen atoms in total. The molecule has 0 radical (unpaired) electrons. The van der Waals surface area contributed by atoms with E-state index in [1.165, 1.54) is 11.0 Å². The van der Waals surface area contributed by atoms with Crippen LogP contribution >= 0.6 is 0 Å². The van der Waals surface area contributed by atoms with Crippen molar-refractivity contribution in [3.63, 3.8) is 0 Å². The predicted octanol–water partition coefficient (Wildman–Crippen LogP) is 4.27. The van der Waals surface area contributed by atoms with Crippen LogP contribution in [0.5, 0.6) is 0 Å². The second-order valence-electron chi connectivity index (χ2n) is 7.82. The minimum Gasteiger partial charge on any atom is -0.451 e. The minimum atomic E-state index is -3.22. The highest BCUT2D eigenvalue weighted by Crippen LogP contribution is 2.30. The Bertz CT molecular complexity index is 1220. The summed E-state index contributed by atoms with van der Waals surface area (Å²) in [6.45, 7) is 3.87. The summed E-state index contributed by atoms with van der Waals surface area (Å²) in [4.78, 5) is 15.0. The second-order valence-corrected chi connectivity index (χ2v) is 10.1. The molecule has 158 valence electrons. The molecule has 0 aliphatic carbocycles. The molecule has 1 fully saturated rings. The summed E-state index contributed by atoms with van der Waals surface area (Å²) in [5, 5.41) is 0.864. The highest BCUT2D eigenvalue weighted by molar-refractivity contribution is 7.91. The molecule has 1 aliphatic heterocycles. The van der Waals surface area contributed by atoms with E-state index >= 15 is 0 Å². The molecule has 3 aromatic rings. The van der Waals surface area contributed by atoms with E-state index in [1.807, 2.05) is 25.1 Å². The lowest BCUT2D eigenvalue weighted by atomic mass is 10.1. The van der Waals surface area contributed by atoms with Crippen LogP contribution in [0.25, 0.3) is 11.0 Å². The topological polar surface area (TPSA) is 67.6 Å². The number of sulfone groups is 1. The number of hydrogen-bond acceptors (Lipinski definition) is 4. The molecule has 2 heterocycles. The highest BCUT2D eigenvalue weighted by atomic mass is 32.2. The van der Waals surface area contributed by atoms with Gasteiger partial charge in [0.15, 0.2) is 15.6 Å². The smallest absolute Gasteiger partial charge is 0.290 e. The summed E-state index contributed by atoms with van der Waals surface area (Å²) in [6, 6.07) is 11.5. The van der Waals surface area contributed by atoms with E-state index in [9.17, 15) is 17.6 Å². The van der Waals surface area contributed by atoms with Crippen LogP contribution in [0.2, 0.25) is 0 Å². The fraction of sp³-hybridized carbons (Fsp3) is 0.348. The molecule has 1 aromatic heterocycles. The van der Waals surface area contributed by atoms with Crippen LogP contribution in [0.4, 0.5) is 4.39 Å². The maximum absolute atomic E-state index is 14.3. The van der Waals surface area contributed by atoms with Gasteiger partial charge in [0.25, 0.3) is 5.91 Å². The summed E-state index contributed by atoms with van der Waals surface area (Å²) in [6.07, 6.45) is 1.20. The Morgan fingerprint density at radius 2 is 2.00 bits per heavy atom. The van der Waals surface area contributed by atoms with Gasteiger partial charge in [0, 0.05) is 29.1 Å². The molecule has 0 N–H and O–H groups in total. The number of halogens is 1. The molecule has 0 saturated carbocycles. The Morgan fingerprint density at radius 1 is 1.23 bits per heavy atom. The Morgan fingerprint density at radius 3 is 2.67 bits per heavy atom. The van der Waals surface area contributed by atoms with Crippen LogP contribution in [-0.2, 0) is 22.8 Å². The number of carbonyl (C=O) groups is 1. The summed E-state index contributed by atoms with van der Waals surface area (Å²) >= 11 is 0. The molecule has 7 heteroatoms. The van der Waals surface area contributed by atoms with Crippen molar-refractivity contribution in [1.82, 2.24) is 4.90 Å². The van der Waals surface area contributed by atoms with Crippen molar-refractivity contribution in [2.24, 2.45) is 0 Å². The van der Waals surface area contributed by atoms with Gasteiger partial charge in [0.05, 0.1) is 11.5 Å². The van der Waals surface area contributed by atoms with Crippen LogP contribution < -0.4 is 0 Å². The maximum Gasteiger partial charge on any atom is 0.290 e. The van der Waals surface area contributed by atoms with E-state index in [4.69, 9.17) is 4.42 Å². The number of benzene rings is 2. The van der Waals surface area contributed by atoms with Gasteiger partial charge in [-0.3, -0.25) is 4.79 Å². The molecule has 1 atom stereocenters. The van der Waals surface area contributed by atoms with Crippen LogP contribution in [0.1, 0.15) is 40.6 Å². The number of carbonyl (C=O) groups excluding carboxylic acids is 1. The Balaban J connectivity index is 1.75. The molecule has 30 heavy (non-hydrogen) atoms. The summed E-state index contributed by atoms with van der Waals surface area (Å²) < 4.78 is 44.3. The average Bonchev–Trinajstić information content (AvgIpc) is 3.25. The number of nitrogens with zero attached hydrogens (tertiary/aromatic N) is 1. The van der Waals surface area contributed by atoms with E-state index in [1.54, 1.807) is 18.2 Å². The fourth-order valence-corrected chi connectivity index (χ4v) is 5.75. The molecule has 1 saturated heterocycles. The highest BCUT2D eigenvalue weighted by Gasteiger charge is 2.37. The average molecular weight is 430 g/mol. The van der Waals surface area contributed by atoms with Gasteiger partial charge in [-0.25, -0.2) is 12.8 Å². The maximum atomic E-state index is 14.3. The van der Waals surface area contributed by atoms with Gasteiger partial charge in [-0.2, -0.15) is 0 Å². The molecule has 4 rings (SSSR count). The third kappa shape index (κ3) is 3.86. The third-order valence-corrected chi connectivity index (χ3v) is 7.56. The first-order valence-corrected chi connectivity index (χ1v) is 11.9. The molecule has 2 aromatic carbocycles. The summed E-state index contributed by atoms with van der Waals surface area (Å²) in [5.74, 6) is -0.750. The Hall–Kier alpha value is -2.67. The SMILES string of the molecule is CCc1ccc2oc(C(=O)N(Cc3ccccc3F)[C@H]3CCS(=O)(=O)C3)c(C)c2c1. The number of furan rings is 1. The van der Waals surface area contributed by atoms with Crippen LogP contribution in [0.3, 0.4) is 0 Å². The second kappa shape index (κ2) is 7.87. The van der Waals surface area contributed by atoms with Crippen molar-refractivity contribution in [3.8, 4) is 0 Å². The molecular weight excluding hydrogens is 405 g/mol. The van der Waals surface area contributed by atoms with Crippen molar-refractivity contribution in [3.05, 3.63) is 70.7 Å². The van der Waals surface area contributed by atoms with Crippen LogP contribution in [0.15, 0.2) is 46.9 Å². The first-order valence-electron chi connectivity index (χ1n) is 10.1. The number of hydrogen-bond donors (Lipinski definition) is 0. The van der Waals surface area contributed by atoms with E-state index in [0.29, 0.717) is 23.1 Å². The monoisotopic (exact) mass is 429 g/mol. The van der Waals surface area contributed by atoms with Crippen molar-refractivity contribution < 1.29 is 22.0 Å². The lowest BCUT2D eigenvalue weighted by Crippen LogP contribution is -2.41. The zero-order chi connectivity index (χ0) is 21.5. The lowest BCUT2D eigenvalue weighted by Gasteiger charge is -2.28. The van der Waals surface area contributed by atoms with Gasteiger partial charge >= 0.3 is 0 Å². The molecule has 1 aliphatic rings. The first-order chi connectivity index (χ1) is 14.3. The van der Waals surface area contributed by atoms with Gasteiger partial charge in [-0.1, -0.05) is 31.2 Å². The van der Waals surface area contributed by atoms with Crippen LogP contribution in [-0.4, -0.2) is 36.8 Å². The zero-order valence-electron chi connectivity index (χ0n) is 17.0. The third-order valence-electron chi connectivity index (χ3n) is 5.81. The fourth-order valence-electron chi connectivity index (χ4n) is 4.02. The molecule has 0 spiro atoms. The van der Waals surface area contributed by atoms with Crippen molar-refractivity contribution in [2.75, 3.05) is 11.5 Å². The van der Waals surface area contributed by atoms with Crippen LogP contribution in [0, 0.1) is 12.7 Å². The van der Waals surface area contributed by atoms with Gasteiger partial charge in [-0.05, 0) is 43.5 Å². The first kappa shape index (κ1) is 20.6. The number of aryl methyl sites for hydroxylation is 2. The van der Waals surface area contributed by atoms with Crippen molar-refractivity contribution in [1.29, 1.82) is 0 Å². The standard InChI is InChI=1S/C23H24FNO4S/c1-3-16-8-9-21-19(12-16)15(2)22(29-21)23(26)25(18-10-11-30(27,28)14-18)13-17-6-4-5-7-20(17)24/h4-9,12,18H,3,10-11,13-14H2,1-2H3/t18-/m0/s1. The Labute approximate surface area is 175 Å². The summed E-state index contributed by atoms with van der Waals surface area (Å²) in [5.41, 5.74) is 2.80. The number of rotatable bonds is 5. The number of fused-ring (bicyclic) bond motifs is 1. The normalized spacial score (nSPS) is 18.0. The van der Waals surface area contributed by atoms with Gasteiger partial charge < -0.3 is 9.32 Å². The molecule has 0 unspecified atom stereocenters. The molecular formula is C23H24FNO4S. The van der Waals surface area contributed by atoms with Gasteiger partial charge in [0.1, 0.15) is 11.4 Å². The number of amides is 1. The predicted molar refractivity (Wildman–Crippen MR) is 114 cm³/mol. The van der Waals surface area contributed by atoms with E-state index in [-0.39, 0.29) is 23.8 Å². The Kier molecular flexibility index (Phi) is 5.40. The quantitative estimate of drug-likeness (QED) is 0.607. The van der Waals surface area contributed by atoms with Crippen molar-refractivity contribution in [2.45, 2.75) is 39.3 Å². The van der Waals surface area contributed by atoms with Gasteiger partial charge in [0.2, 0.25) is 0 Å². The van der Waals surface area contributed by atoms with E-state index < -0.39 is 27.6 Å². The lowest BCUT2D eigenvalue weighted by molar-refractivity contribution is 0.0647. The van der Waals surface area contributed by atoms with Crippen molar-refractivity contribution >= 4 is 26.7 Å². The van der Waals surface area contributed by atoms with E-state index in [0.717, 1.165) is 17.4 Å².